The van der Waals surface area contributed by atoms with Crippen molar-refractivity contribution < 1.29 is 4.74 Å². The highest BCUT2D eigenvalue weighted by Crippen LogP contribution is 2.34. The Bertz CT molecular complexity index is 185. The molecule has 90 valence electrons. The first kappa shape index (κ1) is 13.0. The van der Waals surface area contributed by atoms with E-state index >= 15 is 0 Å². The van der Waals surface area contributed by atoms with E-state index < -0.39 is 0 Å². The van der Waals surface area contributed by atoms with Gasteiger partial charge < -0.3 is 10.1 Å². The molecule has 15 heavy (non-hydrogen) atoms. The lowest BCUT2D eigenvalue weighted by Crippen LogP contribution is -2.39. The van der Waals surface area contributed by atoms with E-state index in [1.54, 1.807) is 0 Å². The van der Waals surface area contributed by atoms with E-state index in [9.17, 15) is 0 Å². The van der Waals surface area contributed by atoms with Crippen LogP contribution in [-0.4, -0.2) is 25.3 Å². The number of ether oxygens (including phenoxy) is 1. The molecule has 1 aliphatic heterocycles. The average Bonchev–Trinajstić information content (AvgIpc) is 2.61. The van der Waals surface area contributed by atoms with Crippen LogP contribution in [0.5, 0.6) is 0 Å². The summed E-state index contributed by atoms with van der Waals surface area (Å²) in [6.45, 7) is 13.4. The van der Waals surface area contributed by atoms with E-state index in [0.29, 0.717) is 18.1 Å². The molecule has 2 heteroatoms. The van der Waals surface area contributed by atoms with E-state index in [1.807, 2.05) is 0 Å². The summed E-state index contributed by atoms with van der Waals surface area (Å²) in [4.78, 5) is 0. The van der Waals surface area contributed by atoms with Gasteiger partial charge in [-0.15, -0.1) is 0 Å². The third-order valence-corrected chi connectivity index (χ3v) is 3.41. The fraction of sp³-hybridized carbons (Fsp3) is 1.00. The van der Waals surface area contributed by atoms with Crippen LogP contribution in [0.15, 0.2) is 0 Å². The van der Waals surface area contributed by atoms with Gasteiger partial charge in [0.25, 0.3) is 0 Å². The highest BCUT2D eigenvalue weighted by molar-refractivity contribution is 4.87. The van der Waals surface area contributed by atoms with Gasteiger partial charge in [-0.1, -0.05) is 27.7 Å². The van der Waals surface area contributed by atoms with Crippen LogP contribution in [0.4, 0.5) is 0 Å². The summed E-state index contributed by atoms with van der Waals surface area (Å²) in [5.74, 6) is 0.694. The van der Waals surface area contributed by atoms with Crippen molar-refractivity contribution in [2.24, 2.45) is 11.3 Å². The fourth-order valence-electron chi connectivity index (χ4n) is 2.30. The average molecular weight is 213 g/mol. The molecule has 1 N–H and O–H groups in total. The Balaban J connectivity index is 2.40. The first-order chi connectivity index (χ1) is 6.95. The van der Waals surface area contributed by atoms with Crippen LogP contribution in [-0.2, 0) is 4.74 Å². The van der Waals surface area contributed by atoms with Crippen molar-refractivity contribution in [3.63, 3.8) is 0 Å². The molecule has 0 amide bonds. The standard InChI is InChI=1S/C13H27NO/c1-6-10(2)14-9-11-7-8-15-12(11)13(3,4)5/h10-12,14H,6-9H2,1-5H3. The lowest BCUT2D eigenvalue weighted by molar-refractivity contribution is 0.00686. The van der Waals surface area contributed by atoms with Crippen molar-refractivity contribution in [2.75, 3.05) is 13.2 Å². The van der Waals surface area contributed by atoms with Gasteiger partial charge in [0.05, 0.1) is 6.10 Å². The van der Waals surface area contributed by atoms with Crippen LogP contribution in [0.25, 0.3) is 0 Å². The van der Waals surface area contributed by atoms with Gasteiger partial charge in [0, 0.05) is 25.1 Å². The zero-order valence-corrected chi connectivity index (χ0v) is 11.0. The predicted octanol–water partition coefficient (Wildman–Crippen LogP) is 2.83. The van der Waals surface area contributed by atoms with Gasteiger partial charge in [0.2, 0.25) is 0 Å². The number of rotatable bonds is 4. The molecular weight excluding hydrogens is 186 g/mol. The number of nitrogens with one attached hydrogen (secondary N) is 1. The van der Waals surface area contributed by atoms with E-state index in [4.69, 9.17) is 4.74 Å². The molecule has 1 fully saturated rings. The Kier molecular flexibility index (Phi) is 4.60. The number of hydrogen-bond acceptors (Lipinski definition) is 2. The zero-order chi connectivity index (χ0) is 11.5. The molecule has 0 aromatic heterocycles. The molecule has 1 heterocycles. The molecule has 1 saturated heterocycles. The van der Waals surface area contributed by atoms with Gasteiger partial charge in [0.15, 0.2) is 0 Å². The summed E-state index contributed by atoms with van der Waals surface area (Å²) < 4.78 is 5.86. The van der Waals surface area contributed by atoms with E-state index in [2.05, 4.69) is 39.9 Å². The van der Waals surface area contributed by atoms with Gasteiger partial charge >= 0.3 is 0 Å². The summed E-state index contributed by atoms with van der Waals surface area (Å²) in [5, 5.41) is 3.60. The Morgan fingerprint density at radius 2 is 2.07 bits per heavy atom. The molecular formula is C13H27NO. The third kappa shape index (κ3) is 3.76. The molecule has 0 radical (unpaired) electrons. The quantitative estimate of drug-likeness (QED) is 0.775. The van der Waals surface area contributed by atoms with Gasteiger partial charge in [-0.3, -0.25) is 0 Å². The maximum absolute atomic E-state index is 5.86. The highest BCUT2D eigenvalue weighted by atomic mass is 16.5. The Hall–Kier alpha value is -0.0800. The molecule has 0 aromatic carbocycles. The van der Waals surface area contributed by atoms with Crippen LogP contribution in [0, 0.1) is 11.3 Å². The molecule has 0 bridgehead atoms. The normalized spacial score (nSPS) is 29.4. The topological polar surface area (TPSA) is 21.3 Å². The maximum Gasteiger partial charge on any atom is 0.0664 e. The van der Waals surface area contributed by atoms with Crippen molar-refractivity contribution >= 4 is 0 Å². The van der Waals surface area contributed by atoms with Gasteiger partial charge in [0.1, 0.15) is 0 Å². The zero-order valence-electron chi connectivity index (χ0n) is 11.0. The molecule has 2 nitrogen and oxygen atoms in total. The van der Waals surface area contributed by atoms with Crippen LogP contribution in [0.3, 0.4) is 0 Å². The molecule has 3 unspecified atom stereocenters. The first-order valence-electron chi connectivity index (χ1n) is 6.30. The smallest absolute Gasteiger partial charge is 0.0664 e. The largest absolute Gasteiger partial charge is 0.377 e. The highest BCUT2D eigenvalue weighted by Gasteiger charge is 2.36. The maximum atomic E-state index is 5.86. The minimum absolute atomic E-state index is 0.276. The summed E-state index contributed by atoms with van der Waals surface area (Å²) in [6.07, 6.45) is 2.84. The second-order valence-electron chi connectivity index (χ2n) is 5.92. The first-order valence-corrected chi connectivity index (χ1v) is 6.30. The fourth-order valence-corrected chi connectivity index (χ4v) is 2.30. The second kappa shape index (κ2) is 5.31. The molecule has 1 aliphatic rings. The van der Waals surface area contributed by atoms with Gasteiger partial charge in [-0.25, -0.2) is 0 Å². The summed E-state index contributed by atoms with van der Waals surface area (Å²) in [6, 6.07) is 0.631. The van der Waals surface area contributed by atoms with Gasteiger partial charge in [-0.05, 0) is 25.2 Å². The van der Waals surface area contributed by atoms with Crippen LogP contribution >= 0.6 is 0 Å². The molecule has 0 aliphatic carbocycles. The Morgan fingerprint density at radius 1 is 1.40 bits per heavy atom. The SMILES string of the molecule is CCC(C)NCC1CCOC1C(C)(C)C. The minimum atomic E-state index is 0.276. The molecule has 1 rings (SSSR count). The molecule has 0 spiro atoms. The van der Waals surface area contributed by atoms with Crippen molar-refractivity contribution in [3.8, 4) is 0 Å². The van der Waals surface area contributed by atoms with E-state index in [1.165, 1.54) is 12.8 Å². The summed E-state index contributed by atoms with van der Waals surface area (Å²) in [7, 11) is 0. The van der Waals surface area contributed by atoms with Crippen LogP contribution < -0.4 is 5.32 Å². The second-order valence-corrected chi connectivity index (χ2v) is 5.92. The molecule has 3 atom stereocenters. The predicted molar refractivity (Wildman–Crippen MR) is 65.1 cm³/mol. The van der Waals surface area contributed by atoms with Crippen molar-refractivity contribution in [1.82, 2.24) is 5.32 Å². The van der Waals surface area contributed by atoms with Crippen LogP contribution in [0.1, 0.15) is 47.5 Å². The van der Waals surface area contributed by atoms with E-state index in [0.717, 1.165) is 13.2 Å². The lowest BCUT2D eigenvalue weighted by Gasteiger charge is -2.31. The van der Waals surface area contributed by atoms with Crippen molar-refractivity contribution in [1.29, 1.82) is 0 Å². The lowest BCUT2D eigenvalue weighted by atomic mass is 9.81. The van der Waals surface area contributed by atoms with Crippen molar-refractivity contribution in [3.05, 3.63) is 0 Å². The monoisotopic (exact) mass is 213 g/mol. The Morgan fingerprint density at radius 3 is 2.60 bits per heavy atom. The minimum Gasteiger partial charge on any atom is -0.377 e. The molecule has 0 saturated carbocycles. The molecule has 0 aromatic rings. The Labute approximate surface area is 94.8 Å². The van der Waals surface area contributed by atoms with Gasteiger partial charge in [-0.2, -0.15) is 0 Å². The number of hydrogen-bond donors (Lipinski definition) is 1. The van der Waals surface area contributed by atoms with Crippen molar-refractivity contribution in [2.45, 2.75) is 59.6 Å². The van der Waals surface area contributed by atoms with E-state index in [-0.39, 0.29) is 5.41 Å². The third-order valence-electron chi connectivity index (χ3n) is 3.41. The van der Waals surface area contributed by atoms with Crippen LogP contribution in [0.2, 0.25) is 0 Å². The summed E-state index contributed by atoms with van der Waals surface area (Å²) in [5.41, 5.74) is 0.276. The summed E-state index contributed by atoms with van der Waals surface area (Å²) >= 11 is 0.